The molecule has 0 aliphatic carbocycles. The lowest BCUT2D eigenvalue weighted by molar-refractivity contribution is -0.0110. The van der Waals surface area contributed by atoms with Gasteiger partial charge in [-0.1, -0.05) is 11.6 Å². The van der Waals surface area contributed by atoms with E-state index in [0.717, 1.165) is 19.4 Å². The van der Waals surface area contributed by atoms with E-state index in [9.17, 15) is 4.79 Å². The zero-order valence-electron chi connectivity index (χ0n) is 10.4. The smallest absolute Gasteiger partial charge is 0.161 e. The maximum absolute atomic E-state index is 11.2. The van der Waals surface area contributed by atoms with Gasteiger partial charge < -0.3 is 9.47 Å². The van der Waals surface area contributed by atoms with Gasteiger partial charge in [-0.2, -0.15) is 0 Å². The monoisotopic (exact) mass is 268 g/mol. The van der Waals surface area contributed by atoms with Crippen molar-refractivity contribution in [2.45, 2.75) is 32.3 Å². The molecule has 1 aromatic carbocycles. The Morgan fingerprint density at radius 3 is 2.94 bits per heavy atom. The highest BCUT2D eigenvalue weighted by Crippen LogP contribution is 2.23. The third-order valence-electron chi connectivity index (χ3n) is 3.03. The molecule has 0 amide bonds. The Balaban J connectivity index is 1.93. The number of benzene rings is 1. The highest BCUT2D eigenvalue weighted by Gasteiger charge is 2.15. The van der Waals surface area contributed by atoms with Crippen molar-refractivity contribution in [1.82, 2.24) is 0 Å². The van der Waals surface area contributed by atoms with Crippen LogP contribution in [-0.4, -0.2) is 25.1 Å². The second-order valence-electron chi connectivity index (χ2n) is 4.50. The number of ether oxygens (including phenoxy) is 2. The first-order valence-electron chi connectivity index (χ1n) is 6.21. The first kappa shape index (κ1) is 13.4. The van der Waals surface area contributed by atoms with Crippen LogP contribution in [0.2, 0.25) is 5.02 Å². The van der Waals surface area contributed by atoms with Gasteiger partial charge in [0.25, 0.3) is 0 Å². The molecule has 4 heteroatoms. The SMILES string of the molecule is CC(=O)c1ccc(OCC2CCCCO2)cc1Cl. The highest BCUT2D eigenvalue weighted by atomic mass is 35.5. The zero-order valence-corrected chi connectivity index (χ0v) is 11.2. The number of hydrogen-bond acceptors (Lipinski definition) is 3. The standard InChI is InChI=1S/C14H17ClO3/c1-10(16)13-6-5-11(8-14(13)15)18-9-12-4-2-3-7-17-12/h5-6,8,12H,2-4,7,9H2,1H3. The summed E-state index contributed by atoms with van der Waals surface area (Å²) in [6, 6.07) is 5.15. The average molecular weight is 269 g/mol. The van der Waals surface area contributed by atoms with Crippen LogP contribution in [0.4, 0.5) is 0 Å². The second-order valence-corrected chi connectivity index (χ2v) is 4.90. The molecule has 1 unspecified atom stereocenters. The van der Waals surface area contributed by atoms with Crippen molar-refractivity contribution in [2.75, 3.05) is 13.2 Å². The molecule has 3 nitrogen and oxygen atoms in total. The van der Waals surface area contributed by atoms with E-state index >= 15 is 0 Å². The van der Waals surface area contributed by atoms with E-state index in [2.05, 4.69) is 0 Å². The normalized spacial score (nSPS) is 19.6. The molecule has 0 spiro atoms. The topological polar surface area (TPSA) is 35.5 Å². The number of ketones is 1. The van der Waals surface area contributed by atoms with Crippen LogP contribution in [0.15, 0.2) is 18.2 Å². The number of halogens is 1. The number of Topliss-reactive ketones (excluding diaryl/α,β-unsaturated/α-hetero) is 1. The summed E-state index contributed by atoms with van der Waals surface area (Å²) in [7, 11) is 0. The average Bonchev–Trinajstić information content (AvgIpc) is 2.37. The number of carbonyl (C=O) groups is 1. The molecule has 1 heterocycles. The van der Waals surface area contributed by atoms with E-state index in [4.69, 9.17) is 21.1 Å². The number of hydrogen-bond donors (Lipinski definition) is 0. The highest BCUT2D eigenvalue weighted by molar-refractivity contribution is 6.34. The molecule has 0 aromatic heterocycles. The largest absolute Gasteiger partial charge is 0.491 e. The summed E-state index contributed by atoms with van der Waals surface area (Å²) in [4.78, 5) is 11.2. The van der Waals surface area contributed by atoms with Crippen LogP contribution in [0.3, 0.4) is 0 Å². The Labute approximate surface area is 112 Å². The quantitative estimate of drug-likeness (QED) is 0.784. The lowest BCUT2D eigenvalue weighted by Crippen LogP contribution is -2.25. The van der Waals surface area contributed by atoms with Crippen LogP contribution in [0.25, 0.3) is 0 Å². The summed E-state index contributed by atoms with van der Waals surface area (Å²) in [6.45, 7) is 2.85. The van der Waals surface area contributed by atoms with Gasteiger partial charge in [-0.3, -0.25) is 4.79 Å². The summed E-state index contributed by atoms with van der Waals surface area (Å²) in [5.41, 5.74) is 0.526. The molecule has 1 saturated heterocycles. The maximum Gasteiger partial charge on any atom is 0.161 e. The molecule has 1 aromatic rings. The van der Waals surface area contributed by atoms with Gasteiger partial charge in [0.2, 0.25) is 0 Å². The van der Waals surface area contributed by atoms with Gasteiger partial charge in [0.1, 0.15) is 12.4 Å². The van der Waals surface area contributed by atoms with E-state index in [1.54, 1.807) is 18.2 Å². The van der Waals surface area contributed by atoms with E-state index in [1.165, 1.54) is 13.3 Å². The predicted octanol–water partition coefficient (Wildman–Crippen LogP) is 3.49. The molecule has 18 heavy (non-hydrogen) atoms. The van der Waals surface area contributed by atoms with Gasteiger partial charge in [0.05, 0.1) is 11.1 Å². The minimum Gasteiger partial charge on any atom is -0.491 e. The number of rotatable bonds is 4. The fourth-order valence-corrected chi connectivity index (χ4v) is 2.30. The van der Waals surface area contributed by atoms with Gasteiger partial charge in [-0.15, -0.1) is 0 Å². The predicted molar refractivity (Wildman–Crippen MR) is 70.5 cm³/mol. The van der Waals surface area contributed by atoms with Crippen LogP contribution in [0, 0.1) is 0 Å². The van der Waals surface area contributed by atoms with E-state index in [1.807, 2.05) is 0 Å². The van der Waals surface area contributed by atoms with E-state index in [0.29, 0.717) is 22.9 Å². The van der Waals surface area contributed by atoms with Crippen molar-refractivity contribution in [1.29, 1.82) is 0 Å². The van der Waals surface area contributed by atoms with Crippen molar-refractivity contribution in [3.63, 3.8) is 0 Å². The minimum absolute atomic E-state index is 0.0397. The minimum atomic E-state index is -0.0397. The van der Waals surface area contributed by atoms with Crippen molar-refractivity contribution >= 4 is 17.4 Å². The fraction of sp³-hybridized carbons (Fsp3) is 0.500. The Kier molecular flexibility index (Phi) is 4.61. The maximum atomic E-state index is 11.2. The molecular formula is C14H17ClO3. The fourth-order valence-electron chi connectivity index (χ4n) is 2.00. The summed E-state index contributed by atoms with van der Waals surface area (Å²) in [5, 5.41) is 0.435. The third-order valence-corrected chi connectivity index (χ3v) is 3.34. The zero-order chi connectivity index (χ0) is 13.0. The Bertz CT molecular complexity index is 425. The lowest BCUT2D eigenvalue weighted by Gasteiger charge is -2.22. The van der Waals surface area contributed by atoms with E-state index in [-0.39, 0.29) is 11.9 Å². The Morgan fingerprint density at radius 1 is 1.50 bits per heavy atom. The van der Waals surface area contributed by atoms with Crippen LogP contribution in [-0.2, 0) is 4.74 Å². The van der Waals surface area contributed by atoms with Crippen molar-refractivity contribution in [2.24, 2.45) is 0 Å². The third kappa shape index (κ3) is 3.47. The lowest BCUT2D eigenvalue weighted by atomic mass is 10.1. The van der Waals surface area contributed by atoms with Crippen molar-refractivity contribution in [3.8, 4) is 5.75 Å². The van der Waals surface area contributed by atoms with Crippen molar-refractivity contribution < 1.29 is 14.3 Å². The van der Waals surface area contributed by atoms with E-state index < -0.39 is 0 Å². The summed E-state index contributed by atoms with van der Waals surface area (Å²) < 4.78 is 11.2. The first-order chi connectivity index (χ1) is 8.66. The molecule has 1 fully saturated rings. The van der Waals surface area contributed by atoms with Crippen LogP contribution >= 0.6 is 11.6 Å². The van der Waals surface area contributed by atoms with Crippen molar-refractivity contribution in [3.05, 3.63) is 28.8 Å². The molecule has 1 aliphatic heterocycles. The van der Waals surface area contributed by atoms with Crippen LogP contribution < -0.4 is 4.74 Å². The van der Waals surface area contributed by atoms with Gasteiger partial charge in [-0.05, 0) is 44.4 Å². The summed E-state index contributed by atoms with van der Waals surface area (Å²) in [6.07, 6.45) is 3.54. The molecule has 1 aliphatic rings. The molecule has 0 saturated carbocycles. The molecule has 98 valence electrons. The molecular weight excluding hydrogens is 252 g/mol. The molecule has 0 N–H and O–H groups in total. The first-order valence-corrected chi connectivity index (χ1v) is 6.59. The van der Waals surface area contributed by atoms with Gasteiger partial charge >= 0.3 is 0 Å². The molecule has 1 atom stereocenters. The summed E-state index contributed by atoms with van der Waals surface area (Å²) >= 11 is 6.01. The molecule has 2 rings (SSSR count). The Morgan fingerprint density at radius 2 is 2.33 bits per heavy atom. The Hall–Kier alpha value is -1.06. The van der Waals surface area contributed by atoms with Gasteiger partial charge in [0, 0.05) is 12.2 Å². The van der Waals surface area contributed by atoms with Gasteiger partial charge in [0.15, 0.2) is 5.78 Å². The van der Waals surface area contributed by atoms with Crippen LogP contribution in [0.1, 0.15) is 36.5 Å². The van der Waals surface area contributed by atoms with Crippen LogP contribution in [0.5, 0.6) is 5.75 Å². The molecule has 0 bridgehead atoms. The summed E-state index contributed by atoms with van der Waals surface area (Å²) in [5.74, 6) is 0.640. The van der Waals surface area contributed by atoms with Gasteiger partial charge in [-0.25, -0.2) is 0 Å². The second kappa shape index (κ2) is 6.21. The molecule has 0 radical (unpaired) electrons. The number of carbonyl (C=O) groups excluding carboxylic acids is 1.